The van der Waals surface area contributed by atoms with E-state index in [0.717, 1.165) is 21.8 Å². The SMILES string of the molecule is O=C(Nc1nc(-c2cccnc2)cs1)c1nc(-c2cccs2)n(-c2ccccc2)n1. The first-order valence-electron chi connectivity index (χ1n) is 9.01. The van der Waals surface area contributed by atoms with E-state index in [-0.39, 0.29) is 5.82 Å². The Morgan fingerprint density at radius 2 is 1.87 bits per heavy atom. The molecule has 0 saturated heterocycles. The van der Waals surface area contributed by atoms with E-state index < -0.39 is 5.91 Å². The van der Waals surface area contributed by atoms with Gasteiger partial charge in [-0.2, -0.15) is 0 Å². The third kappa shape index (κ3) is 3.63. The zero-order valence-corrected chi connectivity index (χ0v) is 17.1. The van der Waals surface area contributed by atoms with Gasteiger partial charge in [-0.05, 0) is 35.7 Å². The minimum atomic E-state index is -0.408. The molecule has 5 aromatic rings. The van der Waals surface area contributed by atoms with Crippen LogP contribution >= 0.6 is 22.7 Å². The summed E-state index contributed by atoms with van der Waals surface area (Å²) in [6, 6.07) is 17.3. The number of nitrogens with one attached hydrogen (secondary N) is 1. The molecular formula is C21H14N6OS2. The summed E-state index contributed by atoms with van der Waals surface area (Å²) >= 11 is 2.88. The highest BCUT2D eigenvalue weighted by atomic mass is 32.1. The standard InChI is InChI=1S/C21H14N6OS2/c28-20(25-21-23-16(13-30-21)14-6-4-10-22-12-14)18-24-19(17-9-5-11-29-17)27(26-18)15-7-2-1-3-8-15/h1-13H,(H,23,25,28). The molecule has 4 heterocycles. The number of nitrogens with zero attached hydrogens (tertiary/aromatic N) is 5. The smallest absolute Gasteiger partial charge is 0.295 e. The first-order valence-corrected chi connectivity index (χ1v) is 10.8. The number of carbonyl (C=O) groups is 1. The molecule has 7 nitrogen and oxygen atoms in total. The number of hydrogen-bond donors (Lipinski definition) is 1. The molecule has 0 fully saturated rings. The summed E-state index contributed by atoms with van der Waals surface area (Å²) in [7, 11) is 0. The van der Waals surface area contributed by atoms with Crippen molar-refractivity contribution in [2.24, 2.45) is 0 Å². The molecule has 9 heteroatoms. The Balaban J connectivity index is 1.45. The highest BCUT2D eigenvalue weighted by Gasteiger charge is 2.20. The topological polar surface area (TPSA) is 85.6 Å². The number of carbonyl (C=O) groups excluding carboxylic acids is 1. The van der Waals surface area contributed by atoms with Gasteiger partial charge in [0.2, 0.25) is 5.82 Å². The van der Waals surface area contributed by atoms with Gasteiger partial charge < -0.3 is 0 Å². The first-order chi connectivity index (χ1) is 14.8. The summed E-state index contributed by atoms with van der Waals surface area (Å²) in [5, 5.41) is 11.6. The third-order valence-corrected chi connectivity index (χ3v) is 5.86. The lowest BCUT2D eigenvalue weighted by molar-refractivity contribution is 0.101. The van der Waals surface area contributed by atoms with E-state index in [4.69, 9.17) is 0 Å². The van der Waals surface area contributed by atoms with Crippen LogP contribution < -0.4 is 5.32 Å². The monoisotopic (exact) mass is 430 g/mol. The van der Waals surface area contributed by atoms with Crippen LogP contribution in [0.3, 0.4) is 0 Å². The minimum absolute atomic E-state index is 0.0837. The molecule has 0 spiro atoms. The average molecular weight is 431 g/mol. The van der Waals surface area contributed by atoms with E-state index in [2.05, 4.69) is 25.4 Å². The molecule has 5 rings (SSSR count). The molecule has 0 aliphatic rings. The summed E-state index contributed by atoms with van der Waals surface area (Å²) < 4.78 is 1.68. The van der Waals surface area contributed by atoms with E-state index in [0.29, 0.717) is 11.0 Å². The van der Waals surface area contributed by atoms with E-state index in [1.807, 2.05) is 65.4 Å². The van der Waals surface area contributed by atoms with Gasteiger partial charge in [0.05, 0.1) is 16.3 Å². The Labute approximate surface area is 179 Å². The Bertz CT molecular complexity index is 1280. The average Bonchev–Trinajstić information content (AvgIpc) is 3.55. The Kier molecular flexibility index (Phi) is 4.88. The molecule has 0 unspecified atom stereocenters. The zero-order valence-electron chi connectivity index (χ0n) is 15.5. The molecular weight excluding hydrogens is 416 g/mol. The minimum Gasteiger partial charge on any atom is -0.295 e. The predicted molar refractivity (Wildman–Crippen MR) is 118 cm³/mol. The molecule has 146 valence electrons. The summed E-state index contributed by atoms with van der Waals surface area (Å²) in [6.07, 6.45) is 3.44. The maximum Gasteiger partial charge on any atom is 0.297 e. The second-order valence-electron chi connectivity index (χ2n) is 6.22. The van der Waals surface area contributed by atoms with Gasteiger partial charge in [-0.1, -0.05) is 24.3 Å². The van der Waals surface area contributed by atoms with Crippen molar-refractivity contribution in [1.82, 2.24) is 24.7 Å². The van der Waals surface area contributed by atoms with Crippen LogP contribution in [0.1, 0.15) is 10.6 Å². The second kappa shape index (κ2) is 7.97. The fourth-order valence-corrected chi connectivity index (χ4v) is 4.27. The summed E-state index contributed by atoms with van der Waals surface area (Å²) in [6.45, 7) is 0. The molecule has 0 atom stereocenters. The lowest BCUT2D eigenvalue weighted by atomic mass is 10.2. The van der Waals surface area contributed by atoms with Crippen molar-refractivity contribution in [1.29, 1.82) is 0 Å². The molecule has 1 amide bonds. The van der Waals surface area contributed by atoms with Gasteiger partial charge in [0.1, 0.15) is 0 Å². The van der Waals surface area contributed by atoms with E-state index >= 15 is 0 Å². The Morgan fingerprint density at radius 1 is 0.967 bits per heavy atom. The molecule has 4 aromatic heterocycles. The fourth-order valence-electron chi connectivity index (χ4n) is 2.85. The summed E-state index contributed by atoms with van der Waals surface area (Å²) in [4.78, 5) is 26.8. The number of thiophene rings is 1. The number of para-hydroxylation sites is 1. The third-order valence-electron chi connectivity index (χ3n) is 4.23. The maximum absolute atomic E-state index is 12.8. The van der Waals surface area contributed by atoms with Crippen molar-refractivity contribution in [3.8, 4) is 27.6 Å². The molecule has 1 aromatic carbocycles. The van der Waals surface area contributed by atoms with Gasteiger partial charge in [0.15, 0.2) is 11.0 Å². The molecule has 0 bridgehead atoms. The quantitative estimate of drug-likeness (QED) is 0.434. The normalized spacial score (nSPS) is 10.8. The van der Waals surface area contributed by atoms with Gasteiger partial charge in [-0.3, -0.25) is 15.1 Å². The molecule has 0 aliphatic heterocycles. The number of benzene rings is 1. The Morgan fingerprint density at radius 3 is 2.63 bits per heavy atom. The van der Waals surface area contributed by atoms with Crippen LogP contribution in [-0.2, 0) is 0 Å². The lowest BCUT2D eigenvalue weighted by Gasteiger charge is -2.03. The lowest BCUT2D eigenvalue weighted by Crippen LogP contribution is -2.14. The van der Waals surface area contributed by atoms with Crippen LogP contribution in [0.25, 0.3) is 27.6 Å². The number of thiazole rings is 1. The number of anilines is 1. The van der Waals surface area contributed by atoms with Gasteiger partial charge in [0.25, 0.3) is 5.91 Å². The number of aromatic nitrogens is 5. The predicted octanol–water partition coefficient (Wildman–Crippen LogP) is 4.77. The van der Waals surface area contributed by atoms with Crippen molar-refractivity contribution >= 4 is 33.7 Å². The first kappa shape index (κ1) is 18.3. The largest absolute Gasteiger partial charge is 0.297 e. The van der Waals surface area contributed by atoms with Crippen molar-refractivity contribution < 1.29 is 4.79 Å². The van der Waals surface area contributed by atoms with Crippen molar-refractivity contribution in [3.63, 3.8) is 0 Å². The van der Waals surface area contributed by atoms with Gasteiger partial charge in [0, 0.05) is 23.3 Å². The number of hydrogen-bond acceptors (Lipinski definition) is 7. The highest BCUT2D eigenvalue weighted by molar-refractivity contribution is 7.14. The van der Waals surface area contributed by atoms with Crippen LogP contribution in [0.15, 0.2) is 77.8 Å². The second-order valence-corrected chi connectivity index (χ2v) is 8.02. The number of rotatable bonds is 5. The van der Waals surface area contributed by atoms with Crippen molar-refractivity contribution in [2.75, 3.05) is 5.32 Å². The Hall–Kier alpha value is -3.69. The number of pyridine rings is 1. The van der Waals surface area contributed by atoms with Gasteiger partial charge in [-0.25, -0.2) is 14.6 Å². The summed E-state index contributed by atoms with van der Waals surface area (Å²) in [5.74, 6) is 0.298. The van der Waals surface area contributed by atoms with Gasteiger partial charge in [-0.15, -0.1) is 27.8 Å². The molecule has 0 radical (unpaired) electrons. The van der Waals surface area contributed by atoms with Crippen LogP contribution in [0.2, 0.25) is 0 Å². The van der Waals surface area contributed by atoms with Gasteiger partial charge >= 0.3 is 0 Å². The van der Waals surface area contributed by atoms with Crippen LogP contribution in [-0.4, -0.2) is 30.6 Å². The highest BCUT2D eigenvalue weighted by Crippen LogP contribution is 2.27. The zero-order chi connectivity index (χ0) is 20.3. The van der Waals surface area contributed by atoms with Crippen LogP contribution in [0, 0.1) is 0 Å². The van der Waals surface area contributed by atoms with Crippen LogP contribution in [0.5, 0.6) is 0 Å². The molecule has 0 aliphatic carbocycles. The van der Waals surface area contributed by atoms with Crippen molar-refractivity contribution in [2.45, 2.75) is 0 Å². The fraction of sp³-hybridized carbons (Fsp3) is 0. The molecule has 1 N–H and O–H groups in total. The van der Waals surface area contributed by atoms with E-state index in [1.165, 1.54) is 11.3 Å². The van der Waals surface area contributed by atoms with E-state index in [1.54, 1.807) is 28.4 Å². The molecule has 30 heavy (non-hydrogen) atoms. The molecule has 0 saturated carbocycles. The summed E-state index contributed by atoms with van der Waals surface area (Å²) in [5.41, 5.74) is 2.48. The van der Waals surface area contributed by atoms with Crippen LogP contribution in [0.4, 0.5) is 5.13 Å². The van der Waals surface area contributed by atoms with Crippen molar-refractivity contribution in [3.05, 3.63) is 83.6 Å². The number of amides is 1. The maximum atomic E-state index is 12.8. The van der Waals surface area contributed by atoms with E-state index in [9.17, 15) is 4.79 Å².